The molecule has 1 aliphatic carbocycles. The molecule has 0 amide bonds. The lowest BCUT2D eigenvalue weighted by Crippen LogP contribution is -2.04. The first kappa shape index (κ1) is 14.8. The molecule has 5 heteroatoms. The Morgan fingerprint density at radius 2 is 1.83 bits per heavy atom. The van der Waals surface area contributed by atoms with E-state index in [0.29, 0.717) is 6.42 Å². The van der Waals surface area contributed by atoms with Crippen molar-refractivity contribution in [1.82, 2.24) is 0 Å². The van der Waals surface area contributed by atoms with Gasteiger partial charge in [0.1, 0.15) is 0 Å². The SMILES string of the molecule is O=C(O)c1ccc2c(c1)Sc1cc3c(cc1CC2O)CC[C@@H]3O. The highest BCUT2D eigenvalue weighted by atomic mass is 32.2. The lowest BCUT2D eigenvalue weighted by molar-refractivity contribution is 0.0696. The van der Waals surface area contributed by atoms with Crippen molar-refractivity contribution >= 4 is 17.7 Å². The lowest BCUT2D eigenvalue weighted by atomic mass is 9.97. The van der Waals surface area contributed by atoms with Crippen molar-refractivity contribution in [2.75, 3.05) is 0 Å². The molecule has 0 saturated heterocycles. The molecule has 4 nitrogen and oxygen atoms in total. The number of aliphatic hydroxyl groups excluding tert-OH is 2. The van der Waals surface area contributed by atoms with E-state index in [1.165, 1.54) is 17.8 Å². The second-order valence-electron chi connectivity index (χ2n) is 6.09. The van der Waals surface area contributed by atoms with E-state index in [4.69, 9.17) is 0 Å². The smallest absolute Gasteiger partial charge is 0.335 e. The number of carboxylic acid groups (broad SMARTS) is 1. The zero-order chi connectivity index (χ0) is 16.1. The van der Waals surface area contributed by atoms with Gasteiger partial charge in [-0.15, -0.1) is 0 Å². The maximum Gasteiger partial charge on any atom is 0.335 e. The molecule has 4 rings (SSSR count). The number of carboxylic acids is 1. The third kappa shape index (κ3) is 2.45. The van der Waals surface area contributed by atoms with Gasteiger partial charge >= 0.3 is 5.97 Å². The number of hydrogen-bond acceptors (Lipinski definition) is 4. The van der Waals surface area contributed by atoms with Crippen LogP contribution in [0.2, 0.25) is 0 Å². The molecule has 0 spiro atoms. The van der Waals surface area contributed by atoms with Crippen molar-refractivity contribution in [1.29, 1.82) is 0 Å². The molecule has 2 aromatic rings. The summed E-state index contributed by atoms with van der Waals surface area (Å²) in [6.45, 7) is 0. The minimum atomic E-state index is -0.975. The summed E-state index contributed by atoms with van der Waals surface area (Å²) in [6, 6.07) is 8.93. The third-order valence-corrected chi connectivity index (χ3v) is 5.79. The summed E-state index contributed by atoms with van der Waals surface area (Å²) >= 11 is 1.47. The largest absolute Gasteiger partial charge is 0.478 e. The highest BCUT2D eigenvalue weighted by Gasteiger charge is 2.27. The summed E-state index contributed by atoms with van der Waals surface area (Å²) in [4.78, 5) is 12.9. The first-order valence-electron chi connectivity index (χ1n) is 7.60. The monoisotopic (exact) mass is 328 g/mol. The zero-order valence-electron chi connectivity index (χ0n) is 12.3. The molecule has 0 saturated carbocycles. The van der Waals surface area contributed by atoms with Crippen molar-refractivity contribution < 1.29 is 20.1 Å². The molecule has 0 fully saturated rings. The molecule has 1 heterocycles. The molecular formula is C18H16O4S. The molecule has 23 heavy (non-hydrogen) atoms. The molecule has 1 aliphatic heterocycles. The number of benzene rings is 2. The van der Waals surface area contributed by atoms with E-state index in [2.05, 4.69) is 6.07 Å². The van der Waals surface area contributed by atoms with Gasteiger partial charge in [-0.2, -0.15) is 0 Å². The average molecular weight is 328 g/mol. The summed E-state index contributed by atoms with van der Waals surface area (Å²) in [7, 11) is 0. The average Bonchev–Trinajstić information content (AvgIpc) is 2.80. The van der Waals surface area contributed by atoms with Gasteiger partial charge in [-0.1, -0.05) is 23.9 Å². The predicted molar refractivity (Wildman–Crippen MR) is 85.9 cm³/mol. The Balaban J connectivity index is 1.83. The number of fused-ring (bicyclic) bond motifs is 3. The molecule has 0 aromatic heterocycles. The Labute approximate surface area is 137 Å². The van der Waals surface area contributed by atoms with Crippen molar-refractivity contribution in [3.05, 3.63) is 58.1 Å². The summed E-state index contributed by atoms with van der Waals surface area (Å²) in [6.07, 6.45) is 1.04. The lowest BCUT2D eigenvalue weighted by Gasteiger charge is -2.12. The van der Waals surface area contributed by atoms with Crippen LogP contribution in [0.4, 0.5) is 0 Å². The highest BCUT2D eigenvalue weighted by molar-refractivity contribution is 7.99. The number of aliphatic hydroxyl groups is 2. The minimum absolute atomic E-state index is 0.216. The summed E-state index contributed by atoms with van der Waals surface area (Å²) in [5, 5.41) is 29.8. The van der Waals surface area contributed by atoms with Gasteiger partial charge in [-0.25, -0.2) is 4.79 Å². The fourth-order valence-corrected chi connectivity index (χ4v) is 4.59. The van der Waals surface area contributed by atoms with Crippen LogP contribution >= 0.6 is 11.8 Å². The summed E-state index contributed by atoms with van der Waals surface area (Å²) < 4.78 is 0. The van der Waals surface area contributed by atoms with Crippen LogP contribution in [0, 0.1) is 0 Å². The van der Waals surface area contributed by atoms with Gasteiger partial charge in [0.25, 0.3) is 0 Å². The van der Waals surface area contributed by atoms with E-state index < -0.39 is 18.2 Å². The van der Waals surface area contributed by atoms with Crippen LogP contribution in [-0.4, -0.2) is 21.3 Å². The molecular weight excluding hydrogens is 312 g/mol. The van der Waals surface area contributed by atoms with Gasteiger partial charge in [-0.05, 0) is 53.3 Å². The van der Waals surface area contributed by atoms with E-state index >= 15 is 0 Å². The van der Waals surface area contributed by atoms with Gasteiger partial charge < -0.3 is 15.3 Å². The van der Waals surface area contributed by atoms with Gasteiger partial charge in [0.15, 0.2) is 0 Å². The van der Waals surface area contributed by atoms with E-state index in [-0.39, 0.29) is 5.56 Å². The maximum absolute atomic E-state index is 11.2. The van der Waals surface area contributed by atoms with Gasteiger partial charge in [0, 0.05) is 16.2 Å². The Morgan fingerprint density at radius 3 is 2.61 bits per heavy atom. The zero-order valence-corrected chi connectivity index (χ0v) is 13.1. The summed E-state index contributed by atoms with van der Waals surface area (Å²) in [5.41, 5.74) is 4.15. The first-order chi connectivity index (χ1) is 11.0. The van der Waals surface area contributed by atoms with Crippen LogP contribution in [0.3, 0.4) is 0 Å². The summed E-state index contributed by atoms with van der Waals surface area (Å²) in [5.74, 6) is -0.975. The molecule has 118 valence electrons. The van der Waals surface area contributed by atoms with E-state index in [1.54, 1.807) is 12.1 Å². The molecule has 0 bridgehead atoms. The maximum atomic E-state index is 11.2. The number of rotatable bonds is 1. The quantitative estimate of drug-likeness (QED) is 0.750. The minimum Gasteiger partial charge on any atom is -0.478 e. The van der Waals surface area contributed by atoms with Gasteiger partial charge in [0.05, 0.1) is 17.8 Å². The molecule has 2 aromatic carbocycles. The normalized spacial score (nSPS) is 22.0. The fraction of sp³-hybridized carbons (Fsp3) is 0.278. The van der Waals surface area contributed by atoms with Crippen molar-refractivity contribution in [3.63, 3.8) is 0 Å². The topological polar surface area (TPSA) is 77.8 Å². The molecule has 1 unspecified atom stereocenters. The number of hydrogen-bond donors (Lipinski definition) is 3. The van der Waals surface area contributed by atoms with E-state index in [1.807, 2.05) is 6.07 Å². The van der Waals surface area contributed by atoms with Crippen LogP contribution < -0.4 is 0 Å². The van der Waals surface area contributed by atoms with Crippen LogP contribution in [0.15, 0.2) is 40.1 Å². The standard InChI is InChI=1S/C18H16O4S/c19-14-4-2-9-5-11-6-15(20)12-3-1-10(18(21)22)7-17(12)23-16(11)8-13(9)14/h1,3,5,7-8,14-15,19-20H,2,4,6H2,(H,21,22)/t14-,15?/m0/s1. The van der Waals surface area contributed by atoms with Crippen LogP contribution in [0.5, 0.6) is 0 Å². The Kier molecular flexibility index (Phi) is 3.44. The van der Waals surface area contributed by atoms with Crippen molar-refractivity contribution in [2.45, 2.75) is 41.3 Å². The van der Waals surface area contributed by atoms with Crippen molar-refractivity contribution in [2.24, 2.45) is 0 Å². The molecule has 2 aliphatic rings. The molecule has 0 radical (unpaired) electrons. The first-order valence-corrected chi connectivity index (χ1v) is 8.41. The van der Waals surface area contributed by atoms with Crippen LogP contribution in [0.25, 0.3) is 0 Å². The van der Waals surface area contributed by atoms with E-state index in [9.17, 15) is 20.1 Å². The van der Waals surface area contributed by atoms with Crippen LogP contribution in [0.1, 0.15) is 51.2 Å². The second kappa shape index (κ2) is 5.37. The third-order valence-electron chi connectivity index (χ3n) is 4.62. The molecule has 3 N–H and O–H groups in total. The van der Waals surface area contributed by atoms with E-state index in [0.717, 1.165) is 44.9 Å². The van der Waals surface area contributed by atoms with Crippen molar-refractivity contribution in [3.8, 4) is 0 Å². The highest BCUT2D eigenvalue weighted by Crippen LogP contribution is 2.44. The second-order valence-corrected chi connectivity index (χ2v) is 7.18. The molecule has 2 atom stereocenters. The Hall–Kier alpha value is -1.82. The Bertz CT molecular complexity index is 815. The van der Waals surface area contributed by atoms with Gasteiger partial charge in [0.2, 0.25) is 0 Å². The number of aryl methyl sites for hydroxylation is 1. The number of aromatic carboxylic acids is 1. The predicted octanol–water partition coefficient (Wildman–Crippen LogP) is 3.11. The van der Waals surface area contributed by atoms with Gasteiger partial charge in [-0.3, -0.25) is 0 Å². The van der Waals surface area contributed by atoms with Crippen LogP contribution in [-0.2, 0) is 12.8 Å². The Morgan fingerprint density at radius 1 is 1.00 bits per heavy atom. The fourth-order valence-electron chi connectivity index (χ4n) is 3.39. The number of carbonyl (C=O) groups is 1.